The summed E-state index contributed by atoms with van der Waals surface area (Å²) in [6.07, 6.45) is 9.04. The van der Waals surface area contributed by atoms with Crippen LogP contribution in [0.25, 0.3) is 0 Å². The van der Waals surface area contributed by atoms with Crippen molar-refractivity contribution < 1.29 is 28.2 Å². The number of hydrogen-bond acceptors (Lipinski definition) is 4. The molecule has 0 saturated heterocycles. The zero-order valence-corrected chi connectivity index (χ0v) is 20.2. The molecule has 0 saturated carbocycles. The molecule has 166 valence electrons. The molecule has 0 bridgehead atoms. The highest BCUT2D eigenvalue weighted by Gasteiger charge is 2.33. The zero-order valence-electron chi connectivity index (χ0n) is 18.4. The van der Waals surface area contributed by atoms with Gasteiger partial charge in [-0.05, 0) is 59.3 Å². The fraction of sp³-hybridized carbons (Fsp3) is 0.800. The second kappa shape index (κ2) is 13.9. The van der Waals surface area contributed by atoms with Gasteiger partial charge in [-0.15, -0.1) is 0 Å². The maximum atomic E-state index is 12.6. The van der Waals surface area contributed by atoms with E-state index in [0.29, 0.717) is 0 Å². The molecule has 28 heavy (non-hydrogen) atoms. The van der Waals surface area contributed by atoms with Gasteiger partial charge in [0.1, 0.15) is 12.3 Å². The molecule has 2 N–H and O–H groups in total. The van der Waals surface area contributed by atoms with E-state index in [9.17, 15) is 9.13 Å². The predicted octanol–water partition coefficient (Wildman–Crippen LogP) is 6.30. The number of rotatable bonds is 15. The van der Waals surface area contributed by atoms with E-state index in [1.54, 1.807) is 13.8 Å². The number of ether oxygens (including phenoxy) is 1. The molecule has 0 aliphatic heterocycles. The second-order valence-electron chi connectivity index (χ2n) is 8.20. The fourth-order valence-corrected chi connectivity index (χ4v) is 6.75. The van der Waals surface area contributed by atoms with E-state index in [1.807, 2.05) is 13.0 Å². The first-order chi connectivity index (χ1) is 12.8. The first-order valence-electron chi connectivity index (χ1n) is 10.0. The highest BCUT2D eigenvalue weighted by atomic mass is 31.2. The van der Waals surface area contributed by atoms with Gasteiger partial charge < -0.3 is 19.0 Å². The van der Waals surface area contributed by atoms with Gasteiger partial charge in [0.15, 0.2) is 0 Å². The standard InChI is InChI=1S/C20H40O6P2/c1-17(2)9-7-10-19(5)11-8-12-20(6)13-14-25-15-27(21,26-18(3)4)16-28(22,23)24/h11,13,17-18H,7-10,12,14-16H2,1-6H3,(H2,22,23,24). The quantitative estimate of drug-likeness (QED) is 0.177. The number of allylic oxidation sites excluding steroid dienone is 3. The lowest BCUT2D eigenvalue weighted by atomic mass is 10.0. The summed E-state index contributed by atoms with van der Waals surface area (Å²) in [7, 11) is -7.97. The molecule has 0 fully saturated rings. The summed E-state index contributed by atoms with van der Waals surface area (Å²) in [6, 6.07) is 0. The Morgan fingerprint density at radius 2 is 1.61 bits per heavy atom. The Labute approximate surface area is 171 Å². The average Bonchev–Trinajstić information content (AvgIpc) is 2.48. The van der Waals surface area contributed by atoms with Crippen LogP contribution in [0.4, 0.5) is 0 Å². The van der Waals surface area contributed by atoms with Crippen LogP contribution in [0.3, 0.4) is 0 Å². The third-order valence-electron chi connectivity index (χ3n) is 4.02. The molecule has 8 heteroatoms. The highest BCUT2D eigenvalue weighted by molar-refractivity contribution is 7.73. The van der Waals surface area contributed by atoms with Crippen LogP contribution in [0.5, 0.6) is 0 Å². The van der Waals surface area contributed by atoms with Gasteiger partial charge in [-0.25, -0.2) is 0 Å². The van der Waals surface area contributed by atoms with Gasteiger partial charge in [0.25, 0.3) is 0 Å². The molecule has 0 aromatic carbocycles. The summed E-state index contributed by atoms with van der Waals surface area (Å²) in [5.74, 6) is -0.0391. The van der Waals surface area contributed by atoms with E-state index in [-0.39, 0.29) is 13.0 Å². The van der Waals surface area contributed by atoms with Crippen molar-refractivity contribution in [2.75, 3.05) is 18.9 Å². The largest absolute Gasteiger partial charge is 0.367 e. The Hall–Kier alpha value is -0.220. The van der Waals surface area contributed by atoms with Crippen molar-refractivity contribution in [2.24, 2.45) is 5.92 Å². The Morgan fingerprint density at radius 1 is 1.00 bits per heavy atom. The van der Waals surface area contributed by atoms with Crippen molar-refractivity contribution in [1.29, 1.82) is 0 Å². The molecular formula is C20H40O6P2. The van der Waals surface area contributed by atoms with Crippen LogP contribution in [0.15, 0.2) is 23.3 Å². The first kappa shape index (κ1) is 27.8. The van der Waals surface area contributed by atoms with Crippen molar-refractivity contribution in [3.63, 3.8) is 0 Å². The predicted molar refractivity (Wildman–Crippen MR) is 117 cm³/mol. The monoisotopic (exact) mass is 438 g/mol. The molecule has 0 aromatic heterocycles. The van der Waals surface area contributed by atoms with E-state index < -0.39 is 27.0 Å². The minimum absolute atomic E-state index is 0.246. The van der Waals surface area contributed by atoms with Crippen molar-refractivity contribution >= 4 is 15.0 Å². The summed E-state index contributed by atoms with van der Waals surface area (Å²) in [4.78, 5) is 18.2. The van der Waals surface area contributed by atoms with E-state index in [4.69, 9.17) is 19.0 Å². The Morgan fingerprint density at radius 3 is 2.14 bits per heavy atom. The minimum Gasteiger partial charge on any atom is -0.367 e. The smallest absolute Gasteiger partial charge is 0.335 e. The van der Waals surface area contributed by atoms with E-state index in [0.717, 1.165) is 25.2 Å². The Bertz CT molecular complexity index is 590. The fourth-order valence-electron chi connectivity index (χ4n) is 2.70. The SMILES string of the molecule is CC(=CCOCP(=O)(CP(=O)(O)O)OC(C)C)CCC=C(C)CCCC(C)C. The third-order valence-corrected chi connectivity index (χ3v) is 8.60. The maximum absolute atomic E-state index is 12.6. The van der Waals surface area contributed by atoms with E-state index in [2.05, 4.69) is 26.8 Å². The van der Waals surface area contributed by atoms with Crippen LogP contribution in [-0.4, -0.2) is 34.7 Å². The minimum atomic E-state index is -4.44. The van der Waals surface area contributed by atoms with Gasteiger partial charge in [0.2, 0.25) is 7.37 Å². The Balaban J connectivity index is 4.34. The van der Waals surface area contributed by atoms with E-state index in [1.165, 1.54) is 24.0 Å². The first-order valence-corrected chi connectivity index (χ1v) is 13.8. The van der Waals surface area contributed by atoms with Gasteiger partial charge >= 0.3 is 7.60 Å². The zero-order chi connectivity index (χ0) is 21.8. The molecule has 0 spiro atoms. The molecule has 0 heterocycles. The van der Waals surface area contributed by atoms with Gasteiger partial charge in [0, 0.05) is 0 Å². The topological polar surface area (TPSA) is 93.1 Å². The molecule has 0 amide bonds. The van der Waals surface area contributed by atoms with Gasteiger partial charge in [-0.3, -0.25) is 9.13 Å². The summed E-state index contributed by atoms with van der Waals surface area (Å²) in [5.41, 5.74) is 2.59. The maximum Gasteiger partial charge on any atom is 0.335 e. The lowest BCUT2D eigenvalue weighted by Gasteiger charge is -2.21. The molecule has 0 aliphatic rings. The van der Waals surface area contributed by atoms with Crippen molar-refractivity contribution in [1.82, 2.24) is 0 Å². The normalized spacial score (nSPS) is 16.1. The molecule has 0 aromatic rings. The molecule has 0 aliphatic carbocycles. The summed E-state index contributed by atoms with van der Waals surface area (Å²) >= 11 is 0. The third kappa shape index (κ3) is 16.7. The molecule has 6 nitrogen and oxygen atoms in total. The van der Waals surface area contributed by atoms with Crippen LogP contribution in [-0.2, 0) is 18.4 Å². The van der Waals surface area contributed by atoms with Crippen molar-refractivity contribution in [3.05, 3.63) is 23.3 Å². The van der Waals surface area contributed by atoms with Crippen molar-refractivity contribution in [2.45, 2.75) is 79.8 Å². The van der Waals surface area contributed by atoms with Crippen LogP contribution in [0, 0.1) is 5.92 Å². The summed E-state index contributed by atoms with van der Waals surface area (Å²) < 4.78 is 34.5. The van der Waals surface area contributed by atoms with Gasteiger partial charge in [-0.1, -0.05) is 43.6 Å². The number of hydrogen-bond donors (Lipinski definition) is 2. The van der Waals surface area contributed by atoms with E-state index >= 15 is 0 Å². The van der Waals surface area contributed by atoms with Gasteiger partial charge in [-0.2, -0.15) is 0 Å². The highest BCUT2D eigenvalue weighted by Crippen LogP contribution is 2.58. The van der Waals surface area contributed by atoms with Crippen LogP contribution in [0.2, 0.25) is 0 Å². The Kier molecular flexibility index (Phi) is 13.8. The van der Waals surface area contributed by atoms with Gasteiger partial charge in [0.05, 0.1) is 12.7 Å². The second-order valence-corrected chi connectivity index (χ2v) is 12.8. The lowest BCUT2D eigenvalue weighted by molar-refractivity contribution is 0.174. The summed E-state index contributed by atoms with van der Waals surface area (Å²) in [5, 5.41) is 0. The molecular weight excluding hydrogens is 398 g/mol. The average molecular weight is 438 g/mol. The molecule has 1 unspecified atom stereocenters. The van der Waals surface area contributed by atoms with Crippen molar-refractivity contribution in [3.8, 4) is 0 Å². The van der Waals surface area contributed by atoms with Crippen LogP contribution >= 0.6 is 15.0 Å². The van der Waals surface area contributed by atoms with Crippen LogP contribution in [0.1, 0.15) is 73.6 Å². The molecule has 0 rings (SSSR count). The molecule has 0 radical (unpaired) electrons. The molecule has 1 atom stereocenters. The van der Waals surface area contributed by atoms with Crippen LogP contribution < -0.4 is 0 Å². The lowest BCUT2D eigenvalue weighted by Crippen LogP contribution is -2.09. The summed E-state index contributed by atoms with van der Waals surface area (Å²) in [6.45, 7) is 12.3.